The summed E-state index contributed by atoms with van der Waals surface area (Å²) >= 11 is 1.62. The molecular weight excluding hydrogens is 298 g/mol. The van der Waals surface area contributed by atoms with Gasteiger partial charge in [0.25, 0.3) is 0 Å². The van der Waals surface area contributed by atoms with Gasteiger partial charge in [-0.25, -0.2) is 4.98 Å². The Labute approximate surface area is 133 Å². The molecule has 0 bridgehead atoms. The molecule has 0 radical (unpaired) electrons. The first-order valence-corrected chi connectivity index (χ1v) is 8.45. The molecule has 1 amide bonds. The van der Waals surface area contributed by atoms with Gasteiger partial charge in [0, 0.05) is 42.0 Å². The van der Waals surface area contributed by atoms with E-state index in [9.17, 15) is 4.79 Å². The molecular formula is C15H21N5OS. The quantitative estimate of drug-likeness (QED) is 0.905. The van der Waals surface area contributed by atoms with Crippen LogP contribution in [0.1, 0.15) is 29.8 Å². The van der Waals surface area contributed by atoms with Crippen LogP contribution in [-0.2, 0) is 11.2 Å². The van der Waals surface area contributed by atoms with Crippen LogP contribution in [0.5, 0.6) is 0 Å². The monoisotopic (exact) mass is 319 g/mol. The van der Waals surface area contributed by atoms with E-state index < -0.39 is 0 Å². The lowest BCUT2D eigenvalue weighted by Crippen LogP contribution is -2.43. The van der Waals surface area contributed by atoms with Gasteiger partial charge in [0.05, 0.1) is 12.1 Å². The lowest BCUT2D eigenvalue weighted by atomic mass is 10.0. The second-order valence-corrected chi connectivity index (χ2v) is 6.62. The normalized spacial score (nSPS) is 16.0. The maximum absolute atomic E-state index is 12.4. The van der Waals surface area contributed by atoms with Crippen molar-refractivity contribution in [3.63, 3.8) is 0 Å². The van der Waals surface area contributed by atoms with Crippen LogP contribution in [0.25, 0.3) is 0 Å². The van der Waals surface area contributed by atoms with Crippen LogP contribution in [0.15, 0.2) is 11.6 Å². The lowest BCUT2D eigenvalue weighted by molar-refractivity contribution is -0.131. The van der Waals surface area contributed by atoms with Gasteiger partial charge in [0.1, 0.15) is 0 Å². The van der Waals surface area contributed by atoms with Gasteiger partial charge in [-0.2, -0.15) is 5.10 Å². The molecule has 0 aromatic carbocycles. The fourth-order valence-corrected chi connectivity index (χ4v) is 3.45. The van der Waals surface area contributed by atoms with E-state index in [1.165, 1.54) is 0 Å². The number of aromatic nitrogens is 3. The summed E-state index contributed by atoms with van der Waals surface area (Å²) in [5, 5.41) is 13.5. The van der Waals surface area contributed by atoms with Crippen LogP contribution in [0.2, 0.25) is 0 Å². The predicted octanol–water partition coefficient (Wildman–Crippen LogP) is 2.13. The number of anilines is 1. The largest absolute Gasteiger partial charge is 0.359 e. The van der Waals surface area contributed by atoms with E-state index in [4.69, 9.17) is 0 Å². The van der Waals surface area contributed by atoms with Crippen LogP contribution in [0, 0.1) is 13.8 Å². The van der Waals surface area contributed by atoms with E-state index >= 15 is 0 Å². The van der Waals surface area contributed by atoms with Crippen molar-refractivity contribution < 1.29 is 4.79 Å². The highest BCUT2D eigenvalue weighted by Crippen LogP contribution is 2.19. The first-order valence-electron chi connectivity index (χ1n) is 7.57. The van der Waals surface area contributed by atoms with Crippen LogP contribution in [0.3, 0.4) is 0 Å². The number of likely N-dealkylation sites (tertiary alicyclic amines) is 1. The summed E-state index contributed by atoms with van der Waals surface area (Å²) in [6.07, 6.45) is 4.18. The molecule has 3 heterocycles. The zero-order valence-corrected chi connectivity index (χ0v) is 13.7. The van der Waals surface area contributed by atoms with Gasteiger partial charge in [-0.3, -0.25) is 9.89 Å². The van der Waals surface area contributed by atoms with E-state index in [1.54, 1.807) is 17.5 Å². The van der Waals surface area contributed by atoms with Crippen molar-refractivity contribution in [3.05, 3.63) is 28.5 Å². The van der Waals surface area contributed by atoms with Crippen molar-refractivity contribution in [1.82, 2.24) is 20.1 Å². The van der Waals surface area contributed by atoms with E-state index in [-0.39, 0.29) is 5.91 Å². The average molecular weight is 319 g/mol. The molecule has 0 spiro atoms. The number of carbonyl (C=O) groups excluding carboxylic acids is 1. The third-order valence-corrected chi connectivity index (χ3v) is 4.92. The fourth-order valence-electron chi connectivity index (χ4n) is 2.84. The van der Waals surface area contributed by atoms with E-state index in [0.29, 0.717) is 12.5 Å². The molecule has 3 rings (SSSR count). The molecule has 1 saturated heterocycles. The summed E-state index contributed by atoms with van der Waals surface area (Å²) in [4.78, 5) is 18.7. The standard InChI is InChI=1S/C15H21N5OS/c1-10-13(11(2)19-18-10)9-14(21)20-6-3-12(4-7-20)17-15-16-5-8-22-15/h5,8,12H,3-4,6-7,9H2,1-2H3,(H,16,17)(H,18,19). The molecule has 118 valence electrons. The molecule has 0 unspecified atom stereocenters. The number of aromatic amines is 1. The maximum Gasteiger partial charge on any atom is 0.227 e. The molecule has 2 aromatic heterocycles. The zero-order valence-electron chi connectivity index (χ0n) is 12.9. The van der Waals surface area contributed by atoms with Crippen molar-refractivity contribution in [3.8, 4) is 0 Å². The first-order chi connectivity index (χ1) is 10.6. The van der Waals surface area contributed by atoms with Crippen molar-refractivity contribution in [1.29, 1.82) is 0 Å². The molecule has 0 atom stereocenters. The van der Waals surface area contributed by atoms with Gasteiger partial charge >= 0.3 is 0 Å². The lowest BCUT2D eigenvalue weighted by Gasteiger charge is -2.32. The first kappa shape index (κ1) is 15.0. The SMILES string of the molecule is Cc1n[nH]c(C)c1CC(=O)N1CCC(Nc2nccs2)CC1. The molecule has 22 heavy (non-hydrogen) atoms. The molecule has 7 heteroatoms. The Kier molecular flexibility index (Phi) is 4.42. The molecule has 0 saturated carbocycles. The highest BCUT2D eigenvalue weighted by molar-refractivity contribution is 7.13. The van der Waals surface area contributed by atoms with E-state index in [0.717, 1.165) is 48.0 Å². The third kappa shape index (κ3) is 3.30. The van der Waals surface area contributed by atoms with Crippen molar-refractivity contribution >= 4 is 22.4 Å². The third-order valence-electron chi connectivity index (χ3n) is 4.22. The fraction of sp³-hybridized carbons (Fsp3) is 0.533. The van der Waals surface area contributed by atoms with Crippen LogP contribution >= 0.6 is 11.3 Å². The molecule has 2 N–H and O–H groups in total. The minimum atomic E-state index is 0.195. The molecule has 0 aliphatic carbocycles. The summed E-state index contributed by atoms with van der Waals surface area (Å²) in [6.45, 7) is 5.51. The second-order valence-electron chi connectivity index (χ2n) is 5.73. The number of amides is 1. The number of aryl methyl sites for hydroxylation is 2. The number of nitrogens with zero attached hydrogens (tertiary/aromatic N) is 3. The summed E-state index contributed by atoms with van der Waals surface area (Å²) in [5.74, 6) is 0.195. The Balaban J connectivity index is 1.51. The van der Waals surface area contributed by atoms with E-state index in [2.05, 4.69) is 20.5 Å². The van der Waals surface area contributed by atoms with E-state index in [1.807, 2.05) is 24.1 Å². The van der Waals surface area contributed by atoms with Crippen molar-refractivity contribution in [2.45, 2.75) is 39.2 Å². The van der Waals surface area contributed by atoms with Crippen LogP contribution in [-0.4, -0.2) is 45.1 Å². The Bertz CT molecular complexity index is 609. The highest BCUT2D eigenvalue weighted by Gasteiger charge is 2.24. The number of H-pyrrole nitrogens is 1. The van der Waals surface area contributed by atoms with Crippen LogP contribution < -0.4 is 5.32 Å². The van der Waals surface area contributed by atoms with Gasteiger partial charge in [0.2, 0.25) is 5.91 Å². The second kappa shape index (κ2) is 6.48. The Morgan fingerprint density at radius 1 is 1.45 bits per heavy atom. The molecule has 1 fully saturated rings. The summed E-state index contributed by atoms with van der Waals surface area (Å²) in [7, 11) is 0. The van der Waals surface area contributed by atoms with Crippen LogP contribution in [0.4, 0.5) is 5.13 Å². The minimum absolute atomic E-state index is 0.195. The summed E-state index contributed by atoms with van der Waals surface area (Å²) in [5.41, 5.74) is 2.95. The Morgan fingerprint density at radius 3 is 2.82 bits per heavy atom. The Hall–Kier alpha value is -1.89. The number of rotatable bonds is 4. The predicted molar refractivity (Wildman–Crippen MR) is 87.1 cm³/mol. The number of hydrogen-bond donors (Lipinski definition) is 2. The Morgan fingerprint density at radius 2 is 2.23 bits per heavy atom. The summed E-state index contributed by atoms with van der Waals surface area (Å²) < 4.78 is 0. The molecule has 2 aromatic rings. The smallest absolute Gasteiger partial charge is 0.227 e. The molecule has 1 aliphatic rings. The van der Waals surface area contributed by atoms with Crippen molar-refractivity contribution in [2.24, 2.45) is 0 Å². The zero-order chi connectivity index (χ0) is 15.5. The van der Waals surface area contributed by atoms with Gasteiger partial charge in [-0.15, -0.1) is 11.3 Å². The van der Waals surface area contributed by atoms with Gasteiger partial charge in [-0.1, -0.05) is 0 Å². The van der Waals surface area contributed by atoms with Gasteiger partial charge in [-0.05, 0) is 26.7 Å². The average Bonchev–Trinajstić information content (AvgIpc) is 3.13. The number of hydrogen-bond acceptors (Lipinski definition) is 5. The van der Waals surface area contributed by atoms with Gasteiger partial charge in [0.15, 0.2) is 5.13 Å². The highest BCUT2D eigenvalue weighted by atomic mass is 32.1. The number of piperidine rings is 1. The van der Waals surface area contributed by atoms with Gasteiger partial charge < -0.3 is 10.2 Å². The molecule has 1 aliphatic heterocycles. The summed E-state index contributed by atoms with van der Waals surface area (Å²) in [6, 6.07) is 0.410. The minimum Gasteiger partial charge on any atom is -0.359 e. The number of nitrogens with one attached hydrogen (secondary N) is 2. The van der Waals surface area contributed by atoms with Crippen molar-refractivity contribution in [2.75, 3.05) is 18.4 Å². The number of thiazole rings is 1. The molecule has 6 nitrogen and oxygen atoms in total. The maximum atomic E-state index is 12.4. The number of carbonyl (C=O) groups is 1. The topological polar surface area (TPSA) is 73.9 Å².